The van der Waals surface area contributed by atoms with Crippen molar-refractivity contribution in [2.45, 2.75) is 19.4 Å². The molecule has 1 N–H and O–H groups in total. The van der Waals surface area contributed by atoms with E-state index in [0.717, 1.165) is 11.3 Å². The largest absolute Gasteiger partial charge is 0.497 e. The molecule has 0 aliphatic carbocycles. The van der Waals surface area contributed by atoms with Crippen LogP contribution in [0, 0.1) is 10.1 Å². The maximum absolute atomic E-state index is 12.6. The van der Waals surface area contributed by atoms with Crippen LogP contribution in [-0.2, 0) is 11.2 Å². The fourth-order valence-electron chi connectivity index (χ4n) is 3.27. The molecule has 8 nitrogen and oxygen atoms in total. The van der Waals surface area contributed by atoms with Crippen LogP contribution < -0.4 is 19.7 Å². The normalized spacial score (nSPS) is 15.2. The lowest BCUT2D eigenvalue weighted by molar-refractivity contribution is -0.384. The highest BCUT2D eigenvalue weighted by atomic mass is 16.6. The van der Waals surface area contributed by atoms with Gasteiger partial charge in [0.05, 0.1) is 25.7 Å². The number of anilines is 2. The number of methoxy groups -OCH3 is 2. The van der Waals surface area contributed by atoms with Crippen LogP contribution >= 0.6 is 0 Å². The molecule has 1 atom stereocenters. The zero-order chi connectivity index (χ0) is 19.6. The minimum absolute atomic E-state index is 0.0655. The Labute approximate surface area is 156 Å². The SMILES string of the molecule is COc1cc(NC(=O)CN2c3ccc([N+](=O)[O-])cc3CC2C)cc(OC)c1. The van der Waals surface area contributed by atoms with Gasteiger partial charge in [-0.1, -0.05) is 0 Å². The highest BCUT2D eigenvalue weighted by Crippen LogP contribution is 2.34. The molecular formula is C19H21N3O5. The second-order valence-electron chi connectivity index (χ2n) is 6.40. The number of nitrogens with zero attached hydrogens (tertiary/aromatic N) is 2. The molecule has 1 amide bonds. The van der Waals surface area contributed by atoms with Crippen LogP contribution in [0.25, 0.3) is 0 Å². The molecule has 142 valence electrons. The first kappa shape index (κ1) is 18.5. The van der Waals surface area contributed by atoms with Crippen molar-refractivity contribution in [1.82, 2.24) is 0 Å². The minimum Gasteiger partial charge on any atom is -0.497 e. The number of hydrogen-bond acceptors (Lipinski definition) is 6. The van der Waals surface area contributed by atoms with E-state index in [9.17, 15) is 14.9 Å². The monoisotopic (exact) mass is 371 g/mol. The van der Waals surface area contributed by atoms with E-state index in [2.05, 4.69) is 5.32 Å². The summed E-state index contributed by atoms with van der Waals surface area (Å²) < 4.78 is 10.4. The van der Waals surface area contributed by atoms with Gasteiger partial charge in [-0.25, -0.2) is 0 Å². The molecule has 0 saturated carbocycles. The first-order valence-corrected chi connectivity index (χ1v) is 8.48. The Morgan fingerprint density at radius 2 is 1.89 bits per heavy atom. The van der Waals surface area contributed by atoms with E-state index >= 15 is 0 Å². The zero-order valence-electron chi connectivity index (χ0n) is 15.4. The maximum atomic E-state index is 12.6. The Kier molecular flexibility index (Phi) is 5.16. The van der Waals surface area contributed by atoms with Gasteiger partial charge in [-0.15, -0.1) is 0 Å². The molecule has 1 aliphatic heterocycles. The Morgan fingerprint density at radius 3 is 2.48 bits per heavy atom. The van der Waals surface area contributed by atoms with Crippen LogP contribution in [0.2, 0.25) is 0 Å². The second-order valence-corrected chi connectivity index (χ2v) is 6.40. The third-order valence-corrected chi connectivity index (χ3v) is 4.58. The number of carbonyl (C=O) groups excluding carboxylic acids is 1. The molecule has 0 saturated heterocycles. The topological polar surface area (TPSA) is 93.9 Å². The summed E-state index contributed by atoms with van der Waals surface area (Å²) in [6.45, 7) is 2.14. The van der Waals surface area contributed by atoms with Gasteiger partial charge in [0.25, 0.3) is 5.69 Å². The van der Waals surface area contributed by atoms with E-state index < -0.39 is 4.92 Å². The van der Waals surface area contributed by atoms with Crippen LogP contribution in [0.4, 0.5) is 17.1 Å². The number of nitro groups is 1. The number of non-ortho nitro benzene ring substituents is 1. The van der Waals surface area contributed by atoms with Crippen LogP contribution in [0.15, 0.2) is 36.4 Å². The molecule has 8 heteroatoms. The molecule has 3 rings (SSSR count). The summed E-state index contributed by atoms with van der Waals surface area (Å²) in [7, 11) is 3.09. The summed E-state index contributed by atoms with van der Waals surface area (Å²) in [4.78, 5) is 25.1. The number of rotatable bonds is 6. The Bertz CT molecular complexity index is 861. The predicted molar refractivity (Wildman–Crippen MR) is 102 cm³/mol. The number of hydrogen-bond donors (Lipinski definition) is 1. The van der Waals surface area contributed by atoms with Gasteiger partial charge in [0.15, 0.2) is 0 Å². The van der Waals surface area contributed by atoms with Crippen LogP contribution in [0.5, 0.6) is 11.5 Å². The standard InChI is InChI=1S/C19H21N3O5/c1-12-6-13-7-15(22(24)25)4-5-18(13)21(12)11-19(23)20-14-8-16(26-2)10-17(9-14)27-3/h4-5,7-10,12H,6,11H2,1-3H3,(H,20,23). The number of benzene rings is 2. The molecule has 0 bridgehead atoms. The minimum atomic E-state index is -0.406. The van der Waals surface area contributed by atoms with Crippen LogP contribution in [0.1, 0.15) is 12.5 Å². The molecule has 0 radical (unpaired) electrons. The smallest absolute Gasteiger partial charge is 0.269 e. The first-order chi connectivity index (χ1) is 12.9. The number of fused-ring (bicyclic) bond motifs is 1. The first-order valence-electron chi connectivity index (χ1n) is 8.48. The van der Waals surface area contributed by atoms with Crippen LogP contribution in [-0.4, -0.2) is 37.6 Å². The average molecular weight is 371 g/mol. The van der Waals surface area contributed by atoms with Crippen molar-refractivity contribution in [3.63, 3.8) is 0 Å². The van der Waals surface area contributed by atoms with Gasteiger partial charge in [-0.3, -0.25) is 14.9 Å². The van der Waals surface area contributed by atoms with Gasteiger partial charge < -0.3 is 19.7 Å². The van der Waals surface area contributed by atoms with E-state index in [-0.39, 0.29) is 24.2 Å². The quantitative estimate of drug-likeness (QED) is 0.620. The summed E-state index contributed by atoms with van der Waals surface area (Å²) in [5.41, 5.74) is 2.38. The molecule has 1 unspecified atom stereocenters. The van der Waals surface area contributed by atoms with Gasteiger partial charge in [0.2, 0.25) is 5.91 Å². The summed E-state index contributed by atoms with van der Waals surface area (Å²) in [6, 6.07) is 9.98. The van der Waals surface area contributed by atoms with Crippen molar-refractivity contribution < 1.29 is 19.2 Å². The summed E-state index contributed by atoms with van der Waals surface area (Å²) >= 11 is 0. The molecule has 1 heterocycles. The Morgan fingerprint density at radius 1 is 1.22 bits per heavy atom. The Balaban J connectivity index is 1.75. The summed E-state index contributed by atoms with van der Waals surface area (Å²) in [6.07, 6.45) is 0.664. The van der Waals surface area contributed by atoms with Crippen molar-refractivity contribution in [2.75, 3.05) is 31.0 Å². The molecule has 2 aromatic rings. The van der Waals surface area contributed by atoms with Gasteiger partial charge in [-0.2, -0.15) is 0 Å². The molecule has 0 aromatic heterocycles. The fraction of sp³-hybridized carbons (Fsp3) is 0.316. The molecule has 1 aliphatic rings. The lowest BCUT2D eigenvalue weighted by Crippen LogP contribution is -2.37. The van der Waals surface area contributed by atoms with E-state index in [1.54, 1.807) is 44.6 Å². The lowest BCUT2D eigenvalue weighted by Gasteiger charge is -2.24. The third-order valence-electron chi connectivity index (χ3n) is 4.58. The van der Waals surface area contributed by atoms with Gasteiger partial charge in [0.1, 0.15) is 11.5 Å². The molecule has 2 aromatic carbocycles. The van der Waals surface area contributed by atoms with Crippen molar-refractivity contribution >= 4 is 23.0 Å². The molecule has 27 heavy (non-hydrogen) atoms. The number of carbonyl (C=O) groups is 1. The summed E-state index contributed by atoms with van der Waals surface area (Å²) in [5, 5.41) is 13.8. The highest BCUT2D eigenvalue weighted by Gasteiger charge is 2.29. The Hall–Kier alpha value is -3.29. The average Bonchev–Trinajstić information content (AvgIpc) is 2.95. The third kappa shape index (κ3) is 3.94. The van der Waals surface area contributed by atoms with Gasteiger partial charge >= 0.3 is 0 Å². The second kappa shape index (κ2) is 7.53. The fourth-order valence-corrected chi connectivity index (χ4v) is 3.27. The number of nitro benzene ring substituents is 1. The van der Waals surface area contributed by atoms with E-state index in [1.807, 2.05) is 11.8 Å². The van der Waals surface area contributed by atoms with Crippen molar-refractivity contribution in [3.8, 4) is 11.5 Å². The number of amides is 1. The van der Waals surface area contributed by atoms with Gasteiger partial charge in [0, 0.05) is 47.7 Å². The van der Waals surface area contributed by atoms with Gasteiger partial charge in [-0.05, 0) is 25.0 Å². The number of nitrogens with one attached hydrogen (secondary N) is 1. The predicted octanol–water partition coefficient (Wildman–Crippen LogP) is 3.00. The van der Waals surface area contributed by atoms with Crippen molar-refractivity contribution in [1.29, 1.82) is 0 Å². The highest BCUT2D eigenvalue weighted by molar-refractivity contribution is 5.95. The van der Waals surface area contributed by atoms with Crippen molar-refractivity contribution in [3.05, 3.63) is 52.1 Å². The maximum Gasteiger partial charge on any atom is 0.269 e. The van der Waals surface area contributed by atoms with Crippen molar-refractivity contribution in [2.24, 2.45) is 0 Å². The van der Waals surface area contributed by atoms with Crippen LogP contribution in [0.3, 0.4) is 0 Å². The van der Waals surface area contributed by atoms with E-state index in [4.69, 9.17) is 9.47 Å². The molecular weight excluding hydrogens is 350 g/mol. The summed E-state index contributed by atoms with van der Waals surface area (Å²) in [5.74, 6) is 0.969. The number of ether oxygens (including phenoxy) is 2. The zero-order valence-corrected chi connectivity index (χ0v) is 15.4. The van der Waals surface area contributed by atoms with E-state index in [1.165, 1.54) is 6.07 Å². The molecule has 0 spiro atoms. The lowest BCUT2D eigenvalue weighted by atomic mass is 10.1. The molecule has 0 fully saturated rings. The van der Waals surface area contributed by atoms with E-state index in [0.29, 0.717) is 23.6 Å².